The molecule has 9 heteroatoms. The maximum atomic E-state index is 12.3. The average molecular weight is 369 g/mol. The van der Waals surface area contributed by atoms with Gasteiger partial charge in [0, 0.05) is 25.8 Å². The van der Waals surface area contributed by atoms with Gasteiger partial charge in [-0.3, -0.25) is 9.59 Å². The molecule has 0 aliphatic carbocycles. The summed E-state index contributed by atoms with van der Waals surface area (Å²) in [6.45, 7) is 1.05. The van der Waals surface area contributed by atoms with E-state index < -0.39 is 22.0 Å². The zero-order chi connectivity index (χ0) is 18.3. The largest absolute Gasteiger partial charge is 0.383 e. The topological polar surface area (TPSA) is 114 Å². The molecule has 0 saturated carbocycles. The molecular weight excluding hydrogens is 346 g/mol. The first-order valence-electron chi connectivity index (χ1n) is 8.11. The number of benzene rings is 1. The Labute approximate surface area is 147 Å². The van der Waals surface area contributed by atoms with Gasteiger partial charge in [0.25, 0.3) is 5.91 Å². The molecule has 0 bridgehead atoms. The van der Waals surface area contributed by atoms with Gasteiger partial charge in [0.1, 0.15) is 6.04 Å². The summed E-state index contributed by atoms with van der Waals surface area (Å²) in [7, 11) is -2.16. The summed E-state index contributed by atoms with van der Waals surface area (Å²) in [5.41, 5.74) is 0.299. The van der Waals surface area contributed by atoms with Gasteiger partial charge in [-0.1, -0.05) is 0 Å². The van der Waals surface area contributed by atoms with Crippen LogP contribution in [0, 0.1) is 0 Å². The summed E-state index contributed by atoms with van der Waals surface area (Å²) in [5, 5.41) is 5.45. The van der Waals surface area contributed by atoms with Gasteiger partial charge in [0.15, 0.2) is 0 Å². The Morgan fingerprint density at radius 2 is 2.00 bits per heavy atom. The number of ether oxygens (including phenoxy) is 1. The van der Waals surface area contributed by atoms with Crippen LogP contribution in [-0.4, -0.2) is 53.1 Å². The highest BCUT2D eigenvalue weighted by Gasteiger charge is 2.23. The molecule has 1 saturated heterocycles. The van der Waals surface area contributed by atoms with Crippen LogP contribution in [0.25, 0.3) is 0 Å². The van der Waals surface area contributed by atoms with E-state index in [0.717, 1.165) is 12.8 Å². The SMILES string of the molecule is COCCNS(=O)(=O)c1ccc(C(=O)N[C@H]2CCCCNC2=O)cc1. The summed E-state index contributed by atoms with van der Waals surface area (Å²) in [6, 6.07) is 5.01. The predicted molar refractivity (Wildman–Crippen MR) is 91.6 cm³/mol. The number of nitrogens with one attached hydrogen (secondary N) is 3. The van der Waals surface area contributed by atoms with Crippen molar-refractivity contribution in [2.75, 3.05) is 26.8 Å². The normalized spacial score (nSPS) is 18.3. The maximum absolute atomic E-state index is 12.3. The summed E-state index contributed by atoms with van der Waals surface area (Å²) in [4.78, 5) is 24.2. The first-order chi connectivity index (χ1) is 11.9. The quantitative estimate of drug-likeness (QED) is 0.586. The molecule has 2 amide bonds. The molecule has 25 heavy (non-hydrogen) atoms. The third kappa shape index (κ3) is 5.52. The molecule has 0 radical (unpaired) electrons. The lowest BCUT2D eigenvalue weighted by Gasteiger charge is -2.15. The molecule has 1 aromatic rings. The van der Waals surface area contributed by atoms with Crippen molar-refractivity contribution in [3.8, 4) is 0 Å². The lowest BCUT2D eigenvalue weighted by atomic mass is 10.1. The van der Waals surface area contributed by atoms with E-state index in [1.54, 1.807) is 0 Å². The third-order valence-electron chi connectivity index (χ3n) is 3.87. The van der Waals surface area contributed by atoms with Crippen molar-refractivity contribution in [3.05, 3.63) is 29.8 Å². The first kappa shape index (κ1) is 19.4. The molecule has 1 aliphatic heterocycles. The number of hydrogen-bond acceptors (Lipinski definition) is 5. The van der Waals surface area contributed by atoms with E-state index in [9.17, 15) is 18.0 Å². The fraction of sp³-hybridized carbons (Fsp3) is 0.500. The van der Waals surface area contributed by atoms with Crippen LogP contribution in [0.15, 0.2) is 29.2 Å². The second kappa shape index (κ2) is 8.93. The van der Waals surface area contributed by atoms with Crippen molar-refractivity contribution in [3.63, 3.8) is 0 Å². The third-order valence-corrected chi connectivity index (χ3v) is 5.34. The lowest BCUT2D eigenvalue weighted by molar-refractivity contribution is -0.122. The fourth-order valence-electron chi connectivity index (χ4n) is 2.47. The molecule has 138 valence electrons. The highest BCUT2D eigenvalue weighted by atomic mass is 32.2. The van der Waals surface area contributed by atoms with Crippen molar-refractivity contribution >= 4 is 21.8 Å². The summed E-state index contributed by atoms with van der Waals surface area (Å²) >= 11 is 0. The summed E-state index contributed by atoms with van der Waals surface area (Å²) < 4.78 is 31.3. The zero-order valence-corrected chi connectivity index (χ0v) is 14.9. The van der Waals surface area contributed by atoms with Gasteiger partial charge in [0.2, 0.25) is 15.9 Å². The number of methoxy groups -OCH3 is 1. The highest BCUT2D eigenvalue weighted by molar-refractivity contribution is 7.89. The predicted octanol–water partition coefficient (Wildman–Crippen LogP) is 0.00980. The molecule has 1 atom stereocenters. The van der Waals surface area contributed by atoms with Crippen LogP contribution in [0.5, 0.6) is 0 Å². The van der Waals surface area contributed by atoms with Crippen molar-refractivity contribution in [2.45, 2.75) is 30.2 Å². The van der Waals surface area contributed by atoms with Gasteiger partial charge in [-0.15, -0.1) is 0 Å². The maximum Gasteiger partial charge on any atom is 0.251 e. The lowest BCUT2D eigenvalue weighted by Crippen LogP contribution is -2.45. The second-order valence-corrected chi connectivity index (χ2v) is 7.49. The van der Waals surface area contributed by atoms with Crippen molar-refractivity contribution in [2.24, 2.45) is 0 Å². The van der Waals surface area contributed by atoms with Crippen LogP contribution in [0.2, 0.25) is 0 Å². The molecule has 8 nitrogen and oxygen atoms in total. The minimum absolute atomic E-state index is 0.0624. The van der Waals surface area contributed by atoms with Crippen LogP contribution in [0.3, 0.4) is 0 Å². The van der Waals surface area contributed by atoms with E-state index in [-0.39, 0.29) is 24.0 Å². The van der Waals surface area contributed by atoms with Crippen LogP contribution in [0.1, 0.15) is 29.6 Å². The molecule has 2 rings (SSSR count). The second-order valence-electron chi connectivity index (χ2n) is 5.73. The van der Waals surface area contributed by atoms with Crippen molar-refractivity contribution in [1.29, 1.82) is 0 Å². The molecule has 1 aliphatic rings. The molecule has 0 spiro atoms. The van der Waals surface area contributed by atoms with Gasteiger partial charge in [0.05, 0.1) is 11.5 Å². The molecule has 1 fully saturated rings. The molecule has 0 unspecified atom stereocenters. The molecule has 0 aromatic heterocycles. The molecular formula is C16H23N3O5S. The van der Waals surface area contributed by atoms with Crippen LogP contribution < -0.4 is 15.4 Å². The zero-order valence-electron chi connectivity index (χ0n) is 14.1. The fourth-order valence-corrected chi connectivity index (χ4v) is 3.48. The van der Waals surface area contributed by atoms with E-state index in [2.05, 4.69) is 15.4 Å². The Balaban J connectivity index is 2.01. The summed E-state index contributed by atoms with van der Waals surface area (Å²) in [5.74, 6) is -0.592. The van der Waals surface area contributed by atoms with E-state index in [0.29, 0.717) is 18.5 Å². The Morgan fingerprint density at radius 3 is 2.68 bits per heavy atom. The average Bonchev–Trinajstić information content (AvgIpc) is 2.80. The Bertz CT molecular complexity index is 703. The van der Waals surface area contributed by atoms with Gasteiger partial charge in [-0.05, 0) is 43.5 Å². The molecule has 1 aromatic carbocycles. The van der Waals surface area contributed by atoms with Gasteiger partial charge >= 0.3 is 0 Å². The first-order valence-corrected chi connectivity index (χ1v) is 9.59. The van der Waals surface area contributed by atoms with E-state index >= 15 is 0 Å². The number of hydrogen-bond donors (Lipinski definition) is 3. The standard InChI is InChI=1S/C16H23N3O5S/c1-24-11-10-18-25(22,23)13-7-5-12(6-8-13)15(20)19-14-4-2-3-9-17-16(14)21/h5-8,14,18H,2-4,9-11H2,1H3,(H,17,21)(H,19,20)/t14-/m0/s1. The van der Waals surface area contributed by atoms with Gasteiger partial charge in [-0.25, -0.2) is 13.1 Å². The minimum Gasteiger partial charge on any atom is -0.383 e. The Kier molecular flexibility index (Phi) is 6.91. The van der Waals surface area contributed by atoms with E-state index in [1.165, 1.54) is 31.4 Å². The van der Waals surface area contributed by atoms with Crippen molar-refractivity contribution < 1.29 is 22.7 Å². The highest BCUT2D eigenvalue weighted by Crippen LogP contribution is 2.12. The van der Waals surface area contributed by atoms with Crippen molar-refractivity contribution in [1.82, 2.24) is 15.4 Å². The Morgan fingerprint density at radius 1 is 1.28 bits per heavy atom. The number of amides is 2. The number of sulfonamides is 1. The van der Waals surface area contributed by atoms with E-state index in [1.807, 2.05) is 0 Å². The molecule has 3 N–H and O–H groups in total. The smallest absolute Gasteiger partial charge is 0.251 e. The minimum atomic E-state index is -3.64. The van der Waals surface area contributed by atoms with Gasteiger partial charge in [-0.2, -0.15) is 0 Å². The number of carbonyl (C=O) groups excluding carboxylic acids is 2. The molecule has 1 heterocycles. The Hall–Kier alpha value is -1.97. The van der Waals surface area contributed by atoms with Gasteiger partial charge < -0.3 is 15.4 Å². The monoisotopic (exact) mass is 369 g/mol. The van der Waals surface area contributed by atoms with E-state index in [4.69, 9.17) is 4.74 Å². The summed E-state index contributed by atoms with van der Waals surface area (Å²) in [6.07, 6.45) is 2.34. The van der Waals surface area contributed by atoms with Crippen LogP contribution in [-0.2, 0) is 19.6 Å². The van der Waals surface area contributed by atoms with Crippen LogP contribution in [0.4, 0.5) is 0 Å². The van der Waals surface area contributed by atoms with Crippen LogP contribution >= 0.6 is 0 Å². The number of carbonyl (C=O) groups is 2. The number of rotatable bonds is 7.